The molecule has 2 bridgehead atoms. The highest BCUT2D eigenvalue weighted by atomic mass is 16.2. The summed E-state index contributed by atoms with van der Waals surface area (Å²) in [6.45, 7) is 0. The Morgan fingerprint density at radius 1 is 1.14 bits per heavy atom. The first-order chi connectivity index (χ1) is 10.7. The van der Waals surface area contributed by atoms with E-state index in [4.69, 9.17) is 0 Å². The molecular weight excluding hydrogens is 272 g/mol. The third kappa shape index (κ3) is 2.45. The number of hydrogen-bond acceptors (Lipinski definition) is 2. The molecule has 118 valence electrons. The van der Waals surface area contributed by atoms with Gasteiger partial charge in [0, 0.05) is 25.2 Å². The molecule has 0 spiro atoms. The molecule has 2 fully saturated rings. The van der Waals surface area contributed by atoms with Crippen LogP contribution in [0.4, 0.5) is 0 Å². The molecule has 1 N–H and O–H groups in total. The lowest BCUT2D eigenvalue weighted by molar-refractivity contribution is -0.134. The Morgan fingerprint density at radius 2 is 1.86 bits per heavy atom. The van der Waals surface area contributed by atoms with Gasteiger partial charge >= 0.3 is 0 Å². The Bertz CT molecular complexity index is 558. The molecule has 1 amide bonds. The van der Waals surface area contributed by atoms with Crippen LogP contribution in [-0.4, -0.2) is 36.0 Å². The fourth-order valence-electron chi connectivity index (χ4n) is 4.78. The SMILES string of the molecule is CN(C(=O)C1CCCc2ccccc21)C1CC2CCC(C1)N2. The standard InChI is InChI=1S/C19H26N2O/c1-21(16-11-14-9-10-15(12-16)20-14)19(22)18-8-4-6-13-5-2-3-7-17(13)18/h2-3,5,7,14-16,18,20H,4,6,8-12H2,1H3. The summed E-state index contributed by atoms with van der Waals surface area (Å²) in [5, 5.41) is 3.67. The van der Waals surface area contributed by atoms with Crippen molar-refractivity contribution in [3.63, 3.8) is 0 Å². The van der Waals surface area contributed by atoms with Gasteiger partial charge in [0.15, 0.2) is 0 Å². The summed E-state index contributed by atoms with van der Waals surface area (Å²) in [5.41, 5.74) is 2.66. The second kappa shape index (κ2) is 5.69. The Morgan fingerprint density at radius 3 is 2.64 bits per heavy atom. The van der Waals surface area contributed by atoms with E-state index >= 15 is 0 Å². The maximum atomic E-state index is 13.1. The molecule has 2 saturated heterocycles. The van der Waals surface area contributed by atoms with Crippen molar-refractivity contribution in [1.82, 2.24) is 10.2 Å². The van der Waals surface area contributed by atoms with E-state index in [9.17, 15) is 4.79 Å². The maximum absolute atomic E-state index is 13.1. The lowest BCUT2D eigenvalue weighted by atomic mass is 9.81. The first-order valence-corrected chi connectivity index (χ1v) is 8.83. The first kappa shape index (κ1) is 14.3. The van der Waals surface area contributed by atoms with Crippen LogP contribution < -0.4 is 5.32 Å². The Balaban J connectivity index is 1.52. The van der Waals surface area contributed by atoms with E-state index in [0.717, 1.165) is 32.1 Å². The van der Waals surface area contributed by atoms with Crippen LogP contribution in [0.5, 0.6) is 0 Å². The smallest absolute Gasteiger partial charge is 0.230 e. The lowest BCUT2D eigenvalue weighted by Crippen LogP contribution is -2.50. The molecule has 3 aliphatic rings. The minimum absolute atomic E-state index is 0.0856. The molecule has 2 aliphatic heterocycles. The third-order valence-corrected chi connectivity index (χ3v) is 6.01. The van der Waals surface area contributed by atoms with E-state index in [0.29, 0.717) is 24.0 Å². The number of fused-ring (bicyclic) bond motifs is 3. The molecule has 3 heteroatoms. The topological polar surface area (TPSA) is 32.3 Å². The summed E-state index contributed by atoms with van der Waals surface area (Å²) in [5.74, 6) is 0.431. The van der Waals surface area contributed by atoms with E-state index < -0.39 is 0 Å². The van der Waals surface area contributed by atoms with Crippen LogP contribution in [0.1, 0.15) is 55.6 Å². The number of benzene rings is 1. The van der Waals surface area contributed by atoms with Crippen LogP contribution in [-0.2, 0) is 11.2 Å². The summed E-state index contributed by atoms with van der Waals surface area (Å²) in [6, 6.07) is 10.2. The summed E-state index contributed by atoms with van der Waals surface area (Å²) < 4.78 is 0. The van der Waals surface area contributed by atoms with Gasteiger partial charge in [-0.05, 0) is 56.1 Å². The number of carbonyl (C=O) groups is 1. The van der Waals surface area contributed by atoms with Crippen molar-refractivity contribution in [3.8, 4) is 0 Å². The predicted octanol–water partition coefficient (Wildman–Crippen LogP) is 2.85. The fraction of sp³-hybridized carbons (Fsp3) is 0.632. The molecule has 1 aromatic rings. The number of rotatable bonds is 2. The average molecular weight is 298 g/mol. The minimum Gasteiger partial charge on any atom is -0.342 e. The summed E-state index contributed by atoms with van der Waals surface area (Å²) in [6.07, 6.45) is 8.11. The Hall–Kier alpha value is -1.35. The Kier molecular flexibility index (Phi) is 3.69. The van der Waals surface area contributed by atoms with Crippen LogP contribution in [0.3, 0.4) is 0 Å². The van der Waals surface area contributed by atoms with E-state index in [1.54, 1.807) is 0 Å². The number of hydrogen-bond donors (Lipinski definition) is 1. The molecule has 2 heterocycles. The third-order valence-electron chi connectivity index (χ3n) is 6.01. The van der Waals surface area contributed by atoms with Gasteiger partial charge in [-0.25, -0.2) is 0 Å². The number of nitrogens with zero attached hydrogens (tertiary/aromatic N) is 1. The second-order valence-corrected chi connectivity index (χ2v) is 7.36. The summed E-state index contributed by atoms with van der Waals surface area (Å²) >= 11 is 0. The minimum atomic E-state index is 0.0856. The molecule has 1 aromatic carbocycles. The molecule has 3 nitrogen and oxygen atoms in total. The highest BCUT2D eigenvalue weighted by molar-refractivity contribution is 5.84. The van der Waals surface area contributed by atoms with Crippen LogP contribution in [0.25, 0.3) is 0 Å². The van der Waals surface area contributed by atoms with E-state index in [1.165, 1.54) is 24.0 Å². The van der Waals surface area contributed by atoms with Crippen molar-refractivity contribution in [2.45, 2.75) is 69.0 Å². The van der Waals surface area contributed by atoms with E-state index in [2.05, 4.69) is 34.5 Å². The average Bonchev–Trinajstić information content (AvgIpc) is 2.91. The van der Waals surface area contributed by atoms with Gasteiger partial charge in [-0.15, -0.1) is 0 Å². The van der Waals surface area contributed by atoms with Crippen molar-refractivity contribution in [2.75, 3.05) is 7.05 Å². The normalized spacial score (nSPS) is 33.3. The molecule has 4 rings (SSSR count). The van der Waals surface area contributed by atoms with Crippen LogP contribution in [0, 0.1) is 0 Å². The van der Waals surface area contributed by atoms with Crippen molar-refractivity contribution in [3.05, 3.63) is 35.4 Å². The van der Waals surface area contributed by atoms with Crippen molar-refractivity contribution < 1.29 is 4.79 Å². The maximum Gasteiger partial charge on any atom is 0.230 e. The molecule has 3 atom stereocenters. The highest BCUT2D eigenvalue weighted by Crippen LogP contribution is 2.35. The number of amides is 1. The largest absolute Gasteiger partial charge is 0.342 e. The van der Waals surface area contributed by atoms with Gasteiger partial charge in [0.05, 0.1) is 5.92 Å². The first-order valence-electron chi connectivity index (χ1n) is 8.83. The van der Waals surface area contributed by atoms with E-state index in [-0.39, 0.29) is 5.92 Å². The summed E-state index contributed by atoms with van der Waals surface area (Å²) in [4.78, 5) is 15.2. The monoisotopic (exact) mass is 298 g/mol. The van der Waals surface area contributed by atoms with Crippen molar-refractivity contribution in [1.29, 1.82) is 0 Å². The number of likely N-dealkylation sites (N-methyl/N-ethyl adjacent to an activating group) is 1. The molecule has 0 aromatic heterocycles. The predicted molar refractivity (Wildman–Crippen MR) is 87.9 cm³/mol. The molecule has 1 aliphatic carbocycles. The zero-order valence-electron chi connectivity index (χ0n) is 13.4. The Labute approximate surface area is 133 Å². The number of piperidine rings is 1. The number of nitrogens with one attached hydrogen (secondary N) is 1. The van der Waals surface area contributed by atoms with Gasteiger partial charge < -0.3 is 10.2 Å². The van der Waals surface area contributed by atoms with Crippen LogP contribution in [0.15, 0.2) is 24.3 Å². The molecule has 0 radical (unpaired) electrons. The molecule has 22 heavy (non-hydrogen) atoms. The zero-order valence-corrected chi connectivity index (χ0v) is 13.4. The van der Waals surface area contributed by atoms with Gasteiger partial charge in [-0.3, -0.25) is 4.79 Å². The quantitative estimate of drug-likeness (QED) is 0.910. The van der Waals surface area contributed by atoms with Gasteiger partial charge in [-0.1, -0.05) is 24.3 Å². The van der Waals surface area contributed by atoms with Gasteiger partial charge in [-0.2, -0.15) is 0 Å². The second-order valence-electron chi connectivity index (χ2n) is 7.36. The van der Waals surface area contributed by atoms with Crippen molar-refractivity contribution >= 4 is 5.91 Å². The number of aryl methyl sites for hydroxylation is 1. The zero-order chi connectivity index (χ0) is 15.1. The molecule has 0 saturated carbocycles. The lowest BCUT2D eigenvalue weighted by Gasteiger charge is -2.38. The van der Waals surface area contributed by atoms with E-state index in [1.807, 2.05) is 7.05 Å². The number of carbonyl (C=O) groups excluding carboxylic acids is 1. The van der Waals surface area contributed by atoms with Gasteiger partial charge in [0.25, 0.3) is 0 Å². The summed E-state index contributed by atoms with van der Waals surface area (Å²) in [7, 11) is 2.04. The van der Waals surface area contributed by atoms with Crippen molar-refractivity contribution in [2.24, 2.45) is 0 Å². The van der Waals surface area contributed by atoms with Gasteiger partial charge in [0.1, 0.15) is 0 Å². The van der Waals surface area contributed by atoms with Gasteiger partial charge in [0.2, 0.25) is 5.91 Å². The van der Waals surface area contributed by atoms with Crippen LogP contribution in [0.2, 0.25) is 0 Å². The molecular formula is C19H26N2O. The fourth-order valence-corrected chi connectivity index (χ4v) is 4.78. The highest BCUT2D eigenvalue weighted by Gasteiger charge is 2.38. The van der Waals surface area contributed by atoms with Crippen LogP contribution >= 0.6 is 0 Å². The molecule has 3 unspecified atom stereocenters.